The van der Waals surface area contributed by atoms with Crippen LogP contribution in [0.4, 0.5) is 0 Å². The van der Waals surface area contributed by atoms with Crippen LogP contribution in [0.2, 0.25) is 5.02 Å². The summed E-state index contributed by atoms with van der Waals surface area (Å²) in [5, 5.41) is 3.57. The molecule has 0 saturated heterocycles. The monoisotopic (exact) mass is 222 g/mol. The summed E-state index contributed by atoms with van der Waals surface area (Å²) in [5.41, 5.74) is 1.50. The minimum absolute atomic E-state index is 0.0834. The minimum atomic E-state index is -0.0834. The molecule has 0 unspecified atom stereocenters. The summed E-state index contributed by atoms with van der Waals surface area (Å²) >= 11 is 6.00. The van der Waals surface area contributed by atoms with Gasteiger partial charge in [-0.25, -0.2) is 4.68 Å². The largest absolute Gasteiger partial charge is 0.295 e. The molecule has 1 aromatic carbocycles. The average molecular weight is 223 g/mol. The molecular formula is C11H11ClN2O. The van der Waals surface area contributed by atoms with Gasteiger partial charge in [0.05, 0.1) is 10.7 Å². The zero-order valence-electron chi connectivity index (χ0n) is 8.33. The van der Waals surface area contributed by atoms with Crippen LogP contribution in [0.1, 0.15) is 12.6 Å². The van der Waals surface area contributed by atoms with E-state index in [-0.39, 0.29) is 5.56 Å². The van der Waals surface area contributed by atoms with Crippen LogP contribution in [0.5, 0.6) is 0 Å². The highest BCUT2D eigenvalue weighted by Crippen LogP contribution is 2.17. The summed E-state index contributed by atoms with van der Waals surface area (Å²) in [6.07, 6.45) is 0.798. The molecule has 2 aromatic rings. The van der Waals surface area contributed by atoms with E-state index in [1.807, 2.05) is 19.1 Å². The van der Waals surface area contributed by atoms with Crippen molar-refractivity contribution in [2.75, 3.05) is 0 Å². The molecule has 0 aliphatic rings. The van der Waals surface area contributed by atoms with Crippen LogP contribution >= 0.6 is 11.6 Å². The molecule has 2 rings (SSSR count). The molecule has 0 atom stereocenters. The lowest BCUT2D eigenvalue weighted by molar-refractivity contribution is 0.819. The summed E-state index contributed by atoms with van der Waals surface area (Å²) in [4.78, 5) is 11.6. The summed E-state index contributed by atoms with van der Waals surface area (Å²) in [6.45, 7) is 1.99. The van der Waals surface area contributed by atoms with Gasteiger partial charge in [0, 0.05) is 11.8 Å². The highest BCUT2D eigenvalue weighted by Gasteiger charge is 2.06. The minimum Gasteiger partial charge on any atom is -0.295 e. The number of para-hydroxylation sites is 1. The van der Waals surface area contributed by atoms with Crippen LogP contribution in [0.25, 0.3) is 5.69 Å². The SMILES string of the molecule is CCc1cc(=O)n(-c2ccccc2Cl)[nH]1. The van der Waals surface area contributed by atoms with Gasteiger partial charge in [0.15, 0.2) is 0 Å². The van der Waals surface area contributed by atoms with Gasteiger partial charge in [0.1, 0.15) is 0 Å². The molecule has 78 valence electrons. The normalized spacial score (nSPS) is 10.5. The van der Waals surface area contributed by atoms with Gasteiger partial charge < -0.3 is 0 Å². The van der Waals surface area contributed by atoms with Gasteiger partial charge in [-0.1, -0.05) is 30.7 Å². The fourth-order valence-electron chi connectivity index (χ4n) is 1.44. The maximum absolute atomic E-state index is 11.6. The van der Waals surface area contributed by atoms with Crippen molar-refractivity contribution in [3.63, 3.8) is 0 Å². The van der Waals surface area contributed by atoms with E-state index in [9.17, 15) is 4.79 Å². The van der Waals surface area contributed by atoms with Gasteiger partial charge in [-0.05, 0) is 18.6 Å². The number of nitrogens with zero attached hydrogens (tertiary/aromatic N) is 1. The molecule has 0 aliphatic heterocycles. The molecule has 0 aliphatic carbocycles. The molecule has 0 fully saturated rings. The number of hydrogen-bond donors (Lipinski definition) is 1. The Morgan fingerprint density at radius 1 is 1.40 bits per heavy atom. The summed E-state index contributed by atoms with van der Waals surface area (Å²) in [5.74, 6) is 0. The Hall–Kier alpha value is -1.48. The van der Waals surface area contributed by atoms with Crippen molar-refractivity contribution < 1.29 is 0 Å². The first-order valence-electron chi connectivity index (χ1n) is 4.78. The van der Waals surface area contributed by atoms with Gasteiger partial charge >= 0.3 is 0 Å². The maximum Gasteiger partial charge on any atom is 0.271 e. The Morgan fingerprint density at radius 2 is 2.13 bits per heavy atom. The number of benzene rings is 1. The van der Waals surface area contributed by atoms with Crippen LogP contribution < -0.4 is 5.56 Å². The molecule has 0 radical (unpaired) electrons. The highest BCUT2D eigenvalue weighted by molar-refractivity contribution is 6.32. The standard InChI is InChI=1S/C11H11ClN2O/c1-2-8-7-11(15)14(13-8)10-6-4-3-5-9(10)12/h3-7,13H,2H2,1H3. The Balaban J connectivity index is 2.59. The lowest BCUT2D eigenvalue weighted by Crippen LogP contribution is -2.13. The van der Waals surface area contributed by atoms with E-state index < -0.39 is 0 Å². The van der Waals surface area contributed by atoms with Crippen molar-refractivity contribution in [2.45, 2.75) is 13.3 Å². The van der Waals surface area contributed by atoms with Crippen LogP contribution in [-0.4, -0.2) is 9.78 Å². The third-order valence-electron chi connectivity index (χ3n) is 2.25. The first kappa shape index (κ1) is 10.1. The van der Waals surface area contributed by atoms with Crippen molar-refractivity contribution >= 4 is 11.6 Å². The van der Waals surface area contributed by atoms with Gasteiger partial charge in [0.2, 0.25) is 0 Å². The molecule has 0 amide bonds. The van der Waals surface area contributed by atoms with E-state index in [0.29, 0.717) is 10.7 Å². The molecule has 4 heteroatoms. The number of H-pyrrole nitrogens is 1. The first-order valence-corrected chi connectivity index (χ1v) is 5.16. The number of aromatic amines is 1. The molecule has 15 heavy (non-hydrogen) atoms. The van der Waals surface area contributed by atoms with Crippen molar-refractivity contribution in [3.8, 4) is 5.69 Å². The Morgan fingerprint density at radius 3 is 2.73 bits per heavy atom. The summed E-state index contributed by atoms with van der Waals surface area (Å²) in [6, 6.07) is 8.83. The van der Waals surface area contributed by atoms with Gasteiger partial charge in [-0.2, -0.15) is 0 Å². The second-order valence-electron chi connectivity index (χ2n) is 3.26. The second kappa shape index (κ2) is 3.95. The highest BCUT2D eigenvalue weighted by atomic mass is 35.5. The zero-order valence-corrected chi connectivity index (χ0v) is 9.08. The zero-order chi connectivity index (χ0) is 10.8. The predicted octanol–water partition coefficient (Wildman–Crippen LogP) is 2.38. The average Bonchev–Trinajstić information content (AvgIpc) is 2.60. The molecular weight excluding hydrogens is 212 g/mol. The van der Waals surface area contributed by atoms with Crippen LogP contribution in [0.3, 0.4) is 0 Å². The van der Waals surface area contributed by atoms with Crippen LogP contribution in [0.15, 0.2) is 35.1 Å². The lowest BCUT2D eigenvalue weighted by atomic mass is 10.3. The van der Waals surface area contributed by atoms with E-state index in [2.05, 4.69) is 5.10 Å². The number of aryl methyl sites for hydroxylation is 1. The number of nitrogens with one attached hydrogen (secondary N) is 1. The topological polar surface area (TPSA) is 37.8 Å². The summed E-state index contributed by atoms with van der Waals surface area (Å²) in [7, 11) is 0. The summed E-state index contributed by atoms with van der Waals surface area (Å²) < 4.78 is 1.46. The third-order valence-corrected chi connectivity index (χ3v) is 2.57. The van der Waals surface area contributed by atoms with Gasteiger partial charge in [-0.15, -0.1) is 0 Å². The van der Waals surface area contributed by atoms with Gasteiger partial charge in [0.25, 0.3) is 5.56 Å². The predicted molar refractivity (Wildman–Crippen MR) is 60.8 cm³/mol. The smallest absolute Gasteiger partial charge is 0.271 e. The Labute approximate surface area is 92.3 Å². The van der Waals surface area contributed by atoms with Crippen molar-refractivity contribution in [1.29, 1.82) is 0 Å². The number of hydrogen-bond acceptors (Lipinski definition) is 1. The van der Waals surface area contributed by atoms with Crippen molar-refractivity contribution in [1.82, 2.24) is 9.78 Å². The fraction of sp³-hybridized carbons (Fsp3) is 0.182. The fourth-order valence-corrected chi connectivity index (χ4v) is 1.66. The third kappa shape index (κ3) is 1.83. The quantitative estimate of drug-likeness (QED) is 0.833. The number of aromatic nitrogens is 2. The Kier molecular flexibility index (Phi) is 2.64. The molecule has 3 nitrogen and oxygen atoms in total. The van der Waals surface area contributed by atoms with E-state index in [4.69, 9.17) is 11.6 Å². The van der Waals surface area contributed by atoms with Gasteiger partial charge in [-0.3, -0.25) is 9.89 Å². The maximum atomic E-state index is 11.6. The van der Waals surface area contributed by atoms with E-state index in [1.54, 1.807) is 18.2 Å². The lowest BCUT2D eigenvalue weighted by Gasteiger charge is -2.03. The number of halogens is 1. The van der Waals surface area contributed by atoms with E-state index in [1.165, 1.54) is 4.68 Å². The van der Waals surface area contributed by atoms with Crippen molar-refractivity contribution in [3.05, 3.63) is 51.4 Å². The molecule has 1 aromatic heterocycles. The van der Waals surface area contributed by atoms with Crippen LogP contribution in [0, 0.1) is 0 Å². The second-order valence-corrected chi connectivity index (χ2v) is 3.67. The molecule has 0 bridgehead atoms. The van der Waals surface area contributed by atoms with E-state index in [0.717, 1.165) is 12.1 Å². The molecule has 1 heterocycles. The Bertz CT molecular complexity index is 527. The first-order chi connectivity index (χ1) is 7.22. The molecule has 1 N–H and O–H groups in total. The number of rotatable bonds is 2. The van der Waals surface area contributed by atoms with Crippen LogP contribution in [-0.2, 0) is 6.42 Å². The molecule has 0 spiro atoms. The van der Waals surface area contributed by atoms with Crippen molar-refractivity contribution in [2.24, 2.45) is 0 Å². The molecule has 0 saturated carbocycles. The van der Waals surface area contributed by atoms with E-state index >= 15 is 0 Å².